The van der Waals surface area contributed by atoms with Crippen molar-refractivity contribution in [2.75, 3.05) is 31.2 Å². The van der Waals surface area contributed by atoms with Gasteiger partial charge in [-0.3, -0.25) is 20.0 Å². The lowest BCUT2D eigenvalue weighted by atomic mass is 10.1. The Morgan fingerprint density at radius 3 is 2.51 bits per heavy atom. The number of rotatable bonds is 5. The van der Waals surface area contributed by atoms with E-state index in [1.165, 1.54) is 23.5 Å². The van der Waals surface area contributed by atoms with Gasteiger partial charge in [0.2, 0.25) is 5.96 Å². The van der Waals surface area contributed by atoms with E-state index in [1.807, 2.05) is 11.0 Å². The Labute approximate surface area is 210 Å². The standard InChI is InChI=1S/C23H24FN11O2/c24-17-13-30-21(35(28)6-5-25)19-18(17)16(12-29-19)20(36)22(37)33-7-9-34(10-8-33)23(32-27)31-15-3-1-14(11-26)2-4-15/h1-6,12-13,29H,7-10,25,27-28H2,(H,31,32)/b6-5-. The molecule has 13 nitrogen and oxygen atoms in total. The van der Waals surface area contributed by atoms with Crippen molar-refractivity contribution >= 4 is 40.1 Å². The highest BCUT2D eigenvalue weighted by molar-refractivity contribution is 6.45. The van der Waals surface area contributed by atoms with Crippen LogP contribution in [-0.4, -0.2) is 63.6 Å². The minimum absolute atomic E-state index is 0.0907. The summed E-state index contributed by atoms with van der Waals surface area (Å²) < 4.78 is 14.7. The Kier molecular flexibility index (Phi) is 7.28. The van der Waals surface area contributed by atoms with Gasteiger partial charge in [0.15, 0.2) is 11.6 Å². The first-order chi connectivity index (χ1) is 17.9. The number of nitrogens with one attached hydrogen (secondary N) is 2. The van der Waals surface area contributed by atoms with Crippen LogP contribution in [0.4, 0.5) is 15.9 Å². The van der Waals surface area contributed by atoms with E-state index in [0.717, 1.165) is 11.2 Å². The lowest BCUT2D eigenvalue weighted by molar-refractivity contribution is -0.127. The number of anilines is 1. The van der Waals surface area contributed by atoms with E-state index in [2.05, 4.69) is 20.4 Å². The van der Waals surface area contributed by atoms with Crippen LogP contribution in [0.1, 0.15) is 15.9 Å². The summed E-state index contributed by atoms with van der Waals surface area (Å²) in [5.74, 6) is 9.61. The molecule has 1 amide bonds. The van der Waals surface area contributed by atoms with Gasteiger partial charge in [0.1, 0.15) is 0 Å². The molecular formula is C23H24FN11O2. The molecule has 3 aromatic rings. The number of hydrazine groups is 2. The van der Waals surface area contributed by atoms with Gasteiger partial charge in [-0.25, -0.2) is 26.1 Å². The van der Waals surface area contributed by atoms with Gasteiger partial charge in [-0.1, -0.05) is 0 Å². The quantitative estimate of drug-likeness (QED) is 0.0795. The highest BCUT2D eigenvalue weighted by Gasteiger charge is 2.30. The first-order valence-corrected chi connectivity index (χ1v) is 11.1. The maximum atomic E-state index is 14.7. The molecule has 14 heteroatoms. The number of Topliss-reactive ketones (excluding diaryl/α,β-unsaturated/α-hetero) is 1. The summed E-state index contributed by atoms with van der Waals surface area (Å²) in [6.45, 7) is 1.13. The number of hydrogen-bond donors (Lipinski definition) is 5. The minimum atomic E-state index is -0.864. The Morgan fingerprint density at radius 2 is 1.89 bits per heavy atom. The van der Waals surface area contributed by atoms with E-state index >= 15 is 0 Å². The molecule has 1 saturated heterocycles. The van der Waals surface area contributed by atoms with Crippen molar-refractivity contribution in [3.8, 4) is 6.07 Å². The molecule has 0 atom stereocenters. The molecule has 0 radical (unpaired) electrons. The van der Waals surface area contributed by atoms with Gasteiger partial charge in [0.25, 0.3) is 11.7 Å². The summed E-state index contributed by atoms with van der Waals surface area (Å²) in [7, 11) is 0. The number of nitriles is 1. The second-order valence-corrected chi connectivity index (χ2v) is 7.98. The normalized spacial score (nSPS) is 14.2. The van der Waals surface area contributed by atoms with E-state index in [0.29, 0.717) is 30.3 Å². The van der Waals surface area contributed by atoms with Crippen LogP contribution in [0, 0.1) is 17.1 Å². The molecule has 1 fully saturated rings. The number of hydrogen-bond acceptors (Lipinski definition) is 9. The first-order valence-electron chi connectivity index (χ1n) is 11.1. The number of aromatic amines is 1. The third kappa shape index (κ3) is 5.03. The highest BCUT2D eigenvalue weighted by Crippen LogP contribution is 2.28. The molecule has 1 aromatic carbocycles. The number of ketones is 1. The summed E-state index contributed by atoms with van der Waals surface area (Å²) in [4.78, 5) is 40.5. The molecule has 0 unspecified atom stereocenters. The molecule has 2 aromatic heterocycles. The zero-order valence-corrected chi connectivity index (χ0v) is 19.6. The molecular weight excluding hydrogens is 481 g/mol. The van der Waals surface area contributed by atoms with Gasteiger partial charge in [-0.05, 0) is 24.3 Å². The van der Waals surface area contributed by atoms with Crippen LogP contribution in [0.15, 0.2) is 54.1 Å². The monoisotopic (exact) mass is 505 g/mol. The molecule has 1 aliphatic heterocycles. The topological polar surface area (TPSA) is 199 Å². The second-order valence-electron chi connectivity index (χ2n) is 7.98. The van der Waals surface area contributed by atoms with Crippen LogP contribution in [-0.2, 0) is 4.79 Å². The molecule has 37 heavy (non-hydrogen) atoms. The van der Waals surface area contributed by atoms with Gasteiger partial charge < -0.3 is 20.5 Å². The maximum Gasteiger partial charge on any atom is 0.295 e. The van der Waals surface area contributed by atoms with E-state index in [1.54, 1.807) is 24.3 Å². The van der Waals surface area contributed by atoms with Gasteiger partial charge in [0.05, 0.1) is 40.0 Å². The average Bonchev–Trinajstić information content (AvgIpc) is 3.38. The van der Waals surface area contributed by atoms with E-state index in [9.17, 15) is 14.0 Å². The number of aromatic nitrogens is 2. The summed E-state index contributed by atoms with van der Waals surface area (Å²) in [6.07, 6.45) is 4.66. The molecule has 3 heterocycles. The van der Waals surface area contributed by atoms with Gasteiger partial charge >= 0.3 is 0 Å². The number of nitrogens with two attached hydrogens (primary N) is 3. The highest BCUT2D eigenvalue weighted by atomic mass is 19.1. The third-order valence-electron chi connectivity index (χ3n) is 5.80. The third-order valence-corrected chi connectivity index (χ3v) is 5.80. The smallest absolute Gasteiger partial charge is 0.295 e. The number of guanidine groups is 1. The molecule has 4 rings (SSSR count). The number of halogens is 1. The number of pyridine rings is 1. The van der Waals surface area contributed by atoms with Gasteiger partial charge in [-0.15, -0.1) is 0 Å². The number of benzene rings is 1. The summed E-state index contributed by atoms with van der Waals surface area (Å²) in [6, 6.07) is 8.69. The van der Waals surface area contributed by atoms with Crippen LogP contribution in [0.3, 0.4) is 0 Å². The SMILES string of the molecule is N#Cc1ccc(N=C(NN)N2CCN(C(=O)C(=O)c3c[nH]c4c(N(N)/C=C\N)ncc(F)c34)CC2)cc1. The average molecular weight is 506 g/mol. The number of amides is 1. The van der Waals surface area contributed by atoms with Crippen molar-refractivity contribution in [2.45, 2.75) is 0 Å². The predicted octanol–water partition coefficient (Wildman–Crippen LogP) is 0.162. The van der Waals surface area contributed by atoms with E-state index in [4.69, 9.17) is 22.7 Å². The summed E-state index contributed by atoms with van der Waals surface area (Å²) in [5.41, 5.74) is 9.03. The first kappa shape index (κ1) is 25.1. The number of aliphatic imine (C=N–C) groups is 1. The Morgan fingerprint density at radius 1 is 1.22 bits per heavy atom. The lowest BCUT2D eigenvalue weighted by Gasteiger charge is -2.35. The van der Waals surface area contributed by atoms with Crippen LogP contribution in [0.25, 0.3) is 10.9 Å². The fraction of sp³-hybridized carbons (Fsp3) is 0.174. The van der Waals surface area contributed by atoms with Crippen LogP contribution < -0.4 is 27.9 Å². The minimum Gasteiger partial charge on any atom is -0.403 e. The van der Waals surface area contributed by atoms with Gasteiger partial charge in [0, 0.05) is 44.8 Å². The van der Waals surface area contributed by atoms with Crippen LogP contribution in [0.2, 0.25) is 0 Å². The van der Waals surface area contributed by atoms with E-state index < -0.39 is 17.5 Å². The lowest BCUT2D eigenvalue weighted by Crippen LogP contribution is -2.55. The van der Waals surface area contributed by atoms with Crippen molar-refractivity contribution in [2.24, 2.45) is 22.4 Å². The second kappa shape index (κ2) is 10.7. The maximum absolute atomic E-state index is 14.7. The number of carbonyl (C=O) groups is 2. The Bertz CT molecular complexity index is 1420. The molecule has 0 spiro atoms. The van der Waals surface area contributed by atoms with Crippen molar-refractivity contribution in [1.29, 1.82) is 5.26 Å². The molecule has 0 saturated carbocycles. The van der Waals surface area contributed by atoms with Crippen molar-refractivity contribution < 1.29 is 14.0 Å². The Hall–Kier alpha value is -5.00. The molecule has 8 N–H and O–H groups in total. The fourth-order valence-corrected chi connectivity index (χ4v) is 3.94. The van der Waals surface area contributed by atoms with Crippen molar-refractivity contribution in [3.05, 3.63) is 66.0 Å². The largest absolute Gasteiger partial charge is 0.403 e. The predicted molar refractivity (Wildman–Crippen MR) is 134 cm³/mol. The molecule has 1 aliphatic rings. The number of fused-ring (bicyclic) bond motifs is 1. The number of carbonyl (C=O) groups excluding carboxylic acids is 2. The number of piperazine rings is 1. The van der Waals surface area contributed by atoms with Crippen molar-refractivity contribution in [3.63, 3.8) is 0 Å². The van der Waals surface area contributed by atoms with Crippen LogP contribution >= 0.6 is 0 Å². The van der Waals surface area contributed by atoms with Crippen molar-refractivity contribution in [1.82, 2.24) is 25.2 Å². The number of nitrogens with zero attached hydrogens (tertiary/aromatic N) is 6. The Balaban J connectivity index is 1.48. The summed E-state index contributed by atoms with van der Waals surface area (Å²) >= 11 is 0. The van der Waals surface area contributed by atoms with E-state index in [-0.39, 0.29) is 35.4 Å². The zero-order chi connectivity index (χ0) is 26.5. The molecule has 190 valence electrons. The summed E-state index contributed by atoms with van der Waals surface area (Å²) in [5, 5.41) is 9.90. The zero-order valence-electron chi connectivity index (χ0n) is 19.6. The number of H-pyrrole nitrogens is 1. The fourth-order valence-electron chi connectivity index (χ4n) is 3.94. The molecule has 0 aliphatic carbocycles. The van der Waals surface area contributed by atoms with Gasteiger partial charge in [-0.2, -0.15) is 5.26 Å². The van der Waals surface area contributed by atoms with Crippen LogP contribution in [0.5, 0.6) is 0 Å². The molecule has 0 bridgehead atoms.